The van der Waals surface area contributed by atoms with Crippen molar-refractivity contribution in [2.24, 2.45) is 5.92 Å². The van der Waals surface area contributed by atoms with Gasteiger partial charge in [-0.2, -0.15) is 0 Å². The molecule has 0 spiro atoms. The summed E-state index contributed by atoms with van der Waals surface area (Å²) in [6.45, 7) is 2.70. The van der Waals surface area contributed by atoms with Crippen LogP contribution in [0.1, 0.15) is 64.2 Å². The summed E-state index contributed by atoms with van der Waals surface area (Å²) in [5.41, 5.74) is 0.178. The number of carbonyl (C=O) groups is 3. The van der Waals surface area contributed by atoms with Crippen LogP contribution in [0.5, 0.6) is 0 Å². The molecule has 1 unspecified atom stereocenters. The van der Waals surface area contributed by atoms with E-state index in [2.05, 4.69) is 36.3 Å². The number of carboxylic acid groups (broad SMARTS) is 2. The predicted octanol–water partition coefficient (Wildman–Crippen LogP) is 2.28. The van der Waals surface area contributed by atoms with Crippen molar-refractivity contribution in [2.75, 3.05) is 40.8 Å². The fourth-order valence-electron chi connectivity index (χ4n) is 4.36. The van der Waals surface area contributed by atoms with Gasteiger partial charge in [-0.05, 0) is 65.7 Å². The summed E-state index contributed by atoms with van der Waals surface area (Å²) in [7, 11) is 6.55. The molecule has 8 heteroatoms. The van der Waals surface area contributed by atoms with Gasteiger partial charge < -0.3 is 25.3 Å². The Morgan fingerprint density at radius 2 is 1.66 bits per heavy atom. The largest absolute Gasteiger partial charge is 0.483 e. The molecular weight excluding hydrogens is 374 g/mol. The number of carbonyl (C=O) groups excluding carboxylic acids is 1. The molecular formula is C21H41N3O5. The molecule has 0 bridgehead atoms. The number of amides is 1. The van der Waals surface area contributed by atoms with E-state index in [4.69, 9.17) is 19.8 Å². The Hall–Kier alpha value is -1.67. The second-order valence-corrected chi connectivity index (χ2v) is 8.33. The Labute approximate surface area is 175 Å². The summed E-state index contributed by atoms with van der Waals surface area (Å²) in [5, 5.41) is 17.0. The van der Waals surface area contributed by atoms with Gasteiger partial charge in [-0.1, -0.05) is 25.7 Å². The number of nitrogens with one attached hydrogen (secondary N) is 1. The van der Waals surface area contributed by atoms with Crippen LogP contribution in [-0.2, 0) is 14.4 Å². The molecule has 1 aliphatic carbocycles. The number of hydrogen-bond donors (Lipinski definition) is 3. The highest BCUT2D eigenvalue weighted by atomic mass is 16.3. The van der Waals surface area contributed by atoms with E-state index >= 15 is 0 Å². The van der Waals surface area contributed by atoms with Gasteiger partial charge in [0.25, 0.3) is 12.9 Å². The highest BCUT2D eigenvalue weighted by molar-refractivity contribution is 5.75. The third-order valence-electron chi connectivity index (χ3n) is 6.10. The molecule has 1 saturated heterocycles. The Kier molecular flexibility index (Phi) is 15.2. The topological polar surface area (TPSA) is 110 Å². The van der Waals surface area contributed by atoms with Crippen LogP contribution in [0.25, 0.3) is 0 Å². The SMILES string of the molecule is CN1CCCC(CCC(=O)NCC2(N(C)C)CCCCCC2)C1.O=CO.O=CO. The van der Waals surface area contributed by atoms with Crippen LogP contribution in [0.2, 0.25) is 0 Å². The van der Waals surface area contributed by atoms with E-state index in [-0.39, 0.29) is 24.4 Å². The minimum Gasteiger partial charge on any atom is -0.483 e. The summed E-state index contributed by atoms with van der Waals surface area (Å²) in [5.74, 6) is 0.962. The zero-order chi connectivity index (χ0) is 22.1. The van der Waals surface area contributed by atoms with E-state index in [0.29, 0.717) is 12.3 Å². The Morgan fingerprint density at radius 1 is 1.10 bits per heavy atom. The van der Waals surface area contributed by atoms with Gasteiger partial charge in [-0.3, -0.25) is 14.4 Å². The third kappa shape index (κ3) is 11.8. The first-order valence-electron chi connectivity index (χ1n) is 10.6. The first-order valence-corrected chi connectivity index (χ1v) is 10.6. The van der Waals surface area contributed by atoms with Gasteiger partial charge in [-0.15, -0.1) is 0 Å². The molecule has 1 aliphatic heterocycles. The number of hydrogen-bond acceptors (Lipinski definition) is 5. The van der Waals surface area contributed by atoms with Crippen LogP contribution < -0.4 is 5.32 Å². The highest BCUT2D eigenvalue weighted by Gasteiger charge is 2.33. The molecule has 1 atom stereocenters. The molecule has 29 heavy (non-hydrogen) atoms. The summed E-state index contributed by atoms with van der Waals surface area (Å²) in [6.07, 6.45) is 12.0. The van der Waals surface area contributed by atoms with Crippen LogP contribution in [0, 0.1) is 5.92 Å². The minimum atomic E-state index is -0.250. The van der Waals surface area contributed by atoms with Gasteiger partial charge in [0, 0.05) is 25.0 Å². The Bertz CT molecular complexity index is 446. The number of piperidine rings is 1. The lowest BCUT2D eigenvalue weighted by molar-refractivity contribution is -0.123. The minimum absolute atomic E-state index is 0.178. The second-order valence-electron chi connectivity index (χ2n) is 8.33. The van der Waals surface area contributed by atoms with Gasteiger partial charge in [0.1, 0.15) is 0 Å². The van der Waals surface area contributed by atoms with Crippen LogP contribution in [0.15, 0.2) is 0 Å². The quantitative estimate of drug-likeness (QED) is 0.451. The van der Waals surface area contributed by atoms with Crippen molar-refractivity contribution in [3.05, 3.63) is 0 Å². The second kappa shape index (κ2) is 16.2. The number of rotatable bonds is 6. The van der Waals surface area contributed by atoms with Crippen LogP contribution in [0.3, 0.4) is 0 Å². The van der Waals surface area contributed by atoms with Crippen LogP contribution in [-0.4, -0.2) is 85.2 Å². The van der Waals surface area contributed by atoms with E-state index < -0.39 is 0 Å². The van der Waals surface area contributed by atoms with Crippen molar-refractivity contribution in [3.63, 3.8) is 0 Å². The molecule has 170 valence electrons. The third-order valence-corrected chi connectivity index (χ3v) is 6.10. The van der Waals surface area contributed by atoms with Gasteiger partial charge >= 0.3 is 0 Å². The lowest BCUT2D eigenvalue weighted by Gasteiger charge is -2.39. The van der Waals surface area contributed by atoms with E-state index in [1.807, 2.05) is 0 Å². The van der Waals surface area contributed by atoms with E-state index in [9.17, 15) is 4.79 Å². The van der Waals surface area contributed by atoms with Gasteiger partial charge in [0.15, 0.2) is 0 Å². The predicted molar refractivity (Wildman–Crippen MR) is 114 cm³/mol. The number of nitrogens with zero attached hydrogens (tertiary/aromatic N) is 2. The van der Waals surface area contributed by atoms with Crippen molar-refractivity contribution < 1.29 is 24.6 Å². The monoisotopic (exact) mass is 415 g/mol. The maximum absolute atomic E-state index is 12.3. The maximum atomic E-state index is 12.3. The van der Waals surface area contributed by atoms with E-state index in [1.54, 1.807) is 0 Å². The number of likely N-dealkylation sites (tertiary alicyclic amines) is 1. The van der Waals surface area contributed by atoms with Crippen LogP contribution >= 0.6 is 0 Å². The standard InChI is InChI=1S/C19H37N3O.2CH2O2/c1-21(2)19(12-6-4-5-7-13-19)16-20-18(23)11-10-17-9-8-14-22(3)15-17;2*2-1-3/h17H,4-16H2,1-3H3,(H,20,23);2*1H,(H,2,3). The van der Waals surface area contributed by atoms with Crippen molar-refractivity contribution in [1.29, 1.82) is 0 Å². The van der Waals surface area contributed by atoms with Crippen molar-refractivity contribution in [1.82, 2.24) is 15.1 Å². The van der Waals surface area contributed by atoms with Gasteiger partial charge in [0.2, 0.25) is 5.91 Å². The molecule has 1 amide bonds. The molecule has 2 aliphatic rings. The fourth-order valence-corrected chi connectivity index (χ4v) is 4.36. The maximum Gasteiger partial charge on any atom is 0.290 e. The molecule has 1 saturated carbocycles. The smallest absolute Gasteiger partial charge is 0.290 e. The molecule has 0 aromatic carbocycles. The lowest BCUT2D eigenvalue weighted by atomic mass is 9.88. The van der Waals surface area contributed by atoms with E-state index in [1.165, 1.54) is 57.9 Å². The zero-order valence-electron chi connectivity index (χ0n) is 18.4. The van der Waals surface area contributed by atoms with Crippen molar-refractivity contribution >= 4 is 18.9 Å². The summed E-state index contributed by atoms with van der Waals surface area (Å²) in [6, 6.07) is 0. The fraction of sp³-hybridized carbons (Fsp3) is 0.857. The normalized spacial score (nSPS) is 21.4. The molecule has 2 fully saturated rings. The molecule has 0 aromatic rings. The first kappa shape index (κ1) is 27.3. The van der Waals surface area contributed by atoms with Gasteiger partial charge in [-0.25, -0.2) is 0 Å². The average Bonchev–Trinajstić information content (AvgIpc) is 2.93. The Morgan fingerprint density at radius 3 is 2.14 bits per heavy atom. The molecule has 2 rings (SSSR count). The van der Waals surface area contributed by atoms with Crippen LogP contribution in [0.4, 0.5) is 0 Å². The molecule has 3 N–H and O–H groups in total. The number of likely N-dealkylation sites (N-methyl/N-ethyl adjacent to an activating group) is 1. The molecule has 8 nitrogen and oxygen atoms in total. The van der Waals surface area contributed by atoms with E-state index in [0.717, 1.165) is 19.5 Å². The summed E-state index contributed by atoms with van der Waals surface area (Å²) in [4.78, 5) is 33.8. The molecule has 1 heterocycles. The van der Waals surface area contributed by atoms with Crippen molar-refractivity contribution in [3.8, 4) is 0 Å². The molecule has 0 aromatic heterocycles. The molecule has 0 radical (unpaired) electrons. The van der Waals surface area contributed by atoms with Crippen molar-refractivity contribution in [2.45, 2.75) is 69.7 Å². The summed E-state index contributed by atoms with van der Waals surface area (Å²) >= 11 is 0. The highest BCUT2D eigenvalue weighted by Crippen LogP contribution is 2.30. The lowest BCUT2D eigenvalue weighted by Crippen LogP contribution is -2.52. The average molecular weight is 416 g/mol. The van der Waals surface area contributed by atoms with Gasteiger partial charge in [0.05, 0.1) is 0 Å². The summed E-state index contributed by atoms with van der Waals surface area (Å²) < 4.78 is 0. The first-order chi connectivity index (χ1) is 13.8. The Balaban J connectivity index is 0.00000116. The zero-order valence-corrected chi connectivity index (χ0v) is 18.4.